The Labute approximate surface area is 169 Å². The van der Waals surface area contributed by atoms with Gasteiger partial charge in [-0.3, -0.25) is 9.59 Å². The molecule has 0 radical (unpaired) electrons. The van der Waals surface area contributed by atoms with Gasteiger partial charge in [0.05, 0.1) is 12.6 Å². The molecule has 2 amide bonds. The van der Waals surface area contributed by atoms with E-state index in [1.165, 1.54) is 0 Å². The minimum atomic E-state index is -0.108. The molecule has 2 fully saturated rings. The zero-order valence-electron chi connectivity index (χ0n) is 17.5. The number of rotatable bonds is 4. The van der Waals surface area contributed by atoms with E-state index >= 15 is 0 Å². The second-order valence-electron chi connectivity index (χ2n) is 9.13. The number of hydrogen-bond donors (Lipinski definition) is 0. The zero-order chi connectivity index (χ0) is 20.1. The van der Waals surface area contributed by atoms with E-state index in [0.29, 0.717) is 32.5 Å². The molecule has 5 heteroatoms. The molecule has 3 rings (SSSR count). The lowest BCUT2D eigenvalue weighted by Gasteiger charge is -2.43. The molecule has 28 heavy (non-hydrogen) atoms. The van der Waals surface area contributed by atoms with E-state index in [1.54, 1.807) is 0 Å². The summed E-state index contributed by atoms with van der Waals surface area (Å²) >= 11 is 0. The van der Waals surface area contributed by atoms with Crippen LogP contribution in [0.5, 0.6) is 0 Å². The van der Waals surface area contributed by atoms with Crippen molar-refractivity contribution < 1.29 is 14.3 Å². The Morgan fingerprint density at radius 3 is 2.57 bits per heavy atom. The van der Waals surface area contributed by atoms with E-state index in [0.717, 1.165) is 31.4 Å². The van der Waals surface area contributed by atoms with Crippen LogP contribution in [0, 0.1) is 5.41 Å². The lowest BCUT2D eigenvalue weighted by Crippen LogP contribution is -2.51. The van der Waals surface area contributed by atoms with Crippen LogP contribution in [0.4, 0.5) is 0 Å². The van der Waals surface area contributed by atoms with Gasteiger partial charge in [-0.15, -0.1) is 0 Å². The monoisotopic (exact) mass is 386 g/mol. The van der Waals surface area contributed by atoms with Gasteiger partial charge in [-0.05, 0) is 23.8 Å². The summed E-state index contributed by atoms with van der Waals surface area (Å²) in [6.45, 7) is 8.97. The van der Waals surface area contributed by atoms with Gasteiger partial charge >= 0.3 is 0 Å². The molecule has 0 N–H and O–H groups in total. The van der Waals surface area contributed by atoms with Gasteiger partial charge in [0.1, 0.15) is 6.10 Å². The van der Waals surface area contributed by atoms with Crippen LogP contribution in [0.2, 0.25) is 0 Å². The maximum absolute atomic E-state index is 13.0. The Bertz CT molecular complexity index is 668. The summed E-state index contributed by atoms with van der Waals surface area (Å²) in [5.41, 5.74) is 1.06. The van der Waals surface area contributed by atoms with E-state index in [4.69, 9.17) is 4.74 Å². The number of benzene rings is 1. The van der Waals surface area contributed by atoms with Gasteiger partial charge in [-0.1, -0.05) is 57.5 Å². The molecule has 2 atom stereocenters. The molecule has 1 aromatic carbocycles. The van der Waals surface area contributed by atoms with Crippen LogP contribution in [-0.2, 0) is 14.3 Å². The first-order valence-electron chi connectivity index (χ1n) is 10.6. The van der Waals surface area contributed by atoms with E-state index in [9.17, 15) is 9.59 Å². The van der Waals surface area contributed by atoms with Crippen molar-refractivity contribution in [3.05, 3.63) is 35.9 Å². The highest BCUT2D eigenvalue weighted by molar-refractivity contribution is 5.79. The van der Waals surface area contributed by atoms with Gasteiger partial charge in [-0.2, -0.15) is 0 Å². The molecule has 154 valence electrons. The molecule has 0 saturated carbocycles. The Hall–Kier alpha value is -1.88. The van der Waals surface area contributed by atoms with Gasteiger partial charge in [0.15, 0.2) is 0 Å². The summed E-state index contributed by atoms with van der Waals surface area (Å²) in [4.78, 5) is 29.0. The van der Waals surface area contributed by atoms with Crippen LogP contribution in [-0.4, -0.2) is 53.9 Å². The van der Waals surface area contributed by atoms with Crippen molar-refractivity contribution in [3.63, 3.8) is 0 Å². The van der Waals surface area contributed by atoms with Gasteiger partial charge in [-0.25, -0.2) is 0 Å². The fraction of sp³-hybridized carbons (Fsp3) is 0.652. The molecule has 2 aliphatic rings. The largest absolute Gasteiger partial charge is 0.366 e. The lowest BCUT2D eigenvalue weighted by molar-refractivity contribution is -0.157. The van der Waals surface area contributed by atoms with Crippen molar-refractivity contribution in [1.82, 2.24) is 9.80 Å². The second-order valence-corrected chi connectivity index (χ2v) is 9.13. The maximum Gasteiger partial charge on any atom is 0.224 e. The standard InChI is InChI=1S/C23H34N2O3/c1-23(2,3)20-17-25(16-19(28-20)18-10-6-4-7-11-18)22(27)13-15-24-14-9-5-8-12-21(24)26/h4,6-7,10-11,19-20H,5,8-9,12-17H2,1-3H3/t19-,20+/m0/s1. The average Bonchev–Trinajstić information content (AvgIpc) is 2.89. The summed E-state index contributed by atoms with van der Waals surface area (Å²) in [5, 5.41) is 0. The minimum Gasteiger partial charge on any atom is -0.366 e. The molecule has 1 aromatic rings. The quantitative estimate of drug-likeness (QED) is 0.791. The van der Waals surface area contributed by atoms with Gasteiger partial charge in [0, 0.05) is 32.5 Å². The molecule has 0 aliphatic carbocycles. The Balaban J connectivity index is 1.66. The smallest absolute Gasteiger partial charge is 0.224 e. The van der Waals surface area contributed by atoms with Crippen LogP contribution in [0.15, 0.2) is 30.3 Å². The highest BCUT2D eigenvalue weighted by Gasteiger charge is 2.37. The highest BCUT2D eigenvalue weighted by Crippen LogP contribution is 2.33. The Kier molecular flexibility index (Phi) is 6.76. The predicted molar refractivity (Wildman–Crippen MR) is 110 cm³/mol. The molecule has 0 unspecified atom stereocenters. The van der Waals surface area contributed by atoms with Crippen molar-refractivity contribution in [3.8, 4) is 0 Å². The maximum atomic E-state index is 13.0. The fourth-order valence-electron chi connectivity index (χ4n) is 3.96. The number of hydrogen-bond acceptors (Lipinski definition) is 3. The number of likely N-dealkylation sites (tertiary alicyclic amines) is 1. The minimum absolute atomic E-state index is 0.0183. The van der Waals surface area contributed by atoms with Crippen molar-refractivity contribution >= 4 is 11.8 Å². The SMILES string of the molecule is CC(C)(C)[C@H]1CN(C(=O)CCN2CCCCCC2=O)C[C@@H](c2ccccc2)O1. The lowest BCUT2D eigenvalue weighted by atomic mass is 9.87. The first-order chi connectivity index (χ1) is 13.3. The van der Waals surface area contributed by atoms with E-state index in [1.807, 2.05) is 28.0 Å². The highest BCUT2D eigenvalue weighted by atomic mass is 16.5. The number of morpholine rings is 1. The van der Waals surface area contributed by atoms with Crippen molar-refractivity contribution in [2.24, 2.45) is 5.41 Å². The molecular weight excluding hydrogens is 352 g/mol. The van der Waals surface area contributed by atoms with E-state index < -0.39 is 0 Å². The van der Waals surface area contributed by atoms with Crippen LogP contribution < -0.4 is 0 Å². The van der Waals surface area contributed by atoms with Gasteiger partial charge in [0.2, 0.25) is 11.8 Å². The van der Waals surface area contributed by atoms with Crippen molar-refractivity contribution in [2.75, 3.05) is 26.2 Å². The fourth-order valence-corrected chi connectivity index (χ4v) is 3.96. The summed E-state index contributed by atoms with van der Waals surface area (Å²) in [7, 11) is 0. The van der Waals surface area contributed by atoms with Crippen LogP contribution >= 0.6 is 0 Å². The average molecular weight is 387 g/mol. The summed E-state index contributed by atoms with van der Waals surface area (Å²) in [5.74, 6) is 0.317. The third-order valence-corrected chi connectivity index (χ3v) is 5.86. The molecule has 2 saturated heterocycles. The summed E-state index contributed by atoms with van der Waals surface area (Å²) in [6.07, 6.45) is 4.00. The van der Waals surface area contributed by atoms with Gasteiger partial charge < -0.3 is 14.5 Å². The number of amides is 2. The first-order valence-corrected chi connectivity index (χ1v) is 10.6. The Morgan fingerprint density at radius 1 is 1.11 bits per heavy atom. The molecule has 0 aromatic heterocycles. The molecule has 2 aliphatic heterocycles. The zero-order valence-corrected chi connectivity index (χ0v) is 17.5. The molecular formula is C23H34N2O3. The number of carbonyl (C=O) groups excluding carboxylic acids is 2. The second kappa shape index (κ2) is 9.08. The topological polar surface area (TPSA) is 49.9 Å². The number of ether oxygens (including phenoxy) is 1. The van der Waals surface area contributed by atoms with Crippen LogP contribution in [0.25, 0.3) is 0 Å². The van der Waals surface area contributed by atoms with Crippen LogP contribution in [0.3, 0.4) is 0 Å². The van der Waals surface area contributed by atoms with Crippen molar-refractivity contribution in [1.29, 1.82) is 0 Å². The normalized spacial score (nSPS) is 24.2. The summed E-state index contributed by atoms with van der Waals surface area (Å²) in [6, 6.07) is 10.1. The summed E-state index contributed by atoms with van der Waals surface area (Å²) < 4.78 is 6.39. The van der Waals surface area contributed by atoms with Crippen molar-refractivity contribution in [2.45, 2.75) is 65.1 Å². The van der Waals surface area contributed by atoms with Gasteiger partial charge in [0.25, 0.3) is 0 Å². The van der Waals surface area contributed by atoms with E-state index in [2.05, 4.69) is 32.9 Å². The van der Waals surface area contributed by atoms with Crippen LogP contribution in [0.1, 0.15) is 64.5 Å². The third kappa shape index (κ3) is 5.34. The third-order valence-electron chi connectivity index (χ3n) is 5.86. The molecule has 5 nitrogen and oxygen atoms in total. The molecule has 2 heterocycles. The van der Waals surface area contributed by atoms with E-state index in [-0.39, 0.29) is 29.4 Å². The Morgan fingerprint density at radius 2 is 1.86 bits per heavy atom. The predicted octanol–water partition coefficient (Wildman–Crippen LogP) is 3.79. The molecule has 0 spiro atoms. The number of carbonyl (C=O) groups is 2. The number of nitrogens with zero attached hydrogens (tertiary/aromatic N) is 2. The molecule has 0 bridgehead atoms. The first kappa shape index (κ1) is 20.8.